The van der Waals surface area contributed by atoms with Crippen LogP contribution < -0.4 is 5.32 Å². The molecule has 0 saturated heterocycles. The van der Waals surface area contributed by atoms with Crippen LogP contribution in [0.25, 0.3) is 0 Å². The van der Waals surface area contributed by atoms with Gasteiger partial charge in [0.2, 0.25) is 5.95 Å². The summed E-state index contributed by atoms with van der Waals surface area (Å²) in [7, 11) is 0. The van der Waals surface area contributed by atoms with E-state index in [9.17, 15) is 13.2 Å². The number of aryl methyl sites for hydroxylation is 1. The van der Waals surface area contributed by atoms with Crippen molar-refractivity contribution in [1.82, 2.24) is 9.97 Å². The van der Waals surface area contributed by atoms with Gasteiger partial charge >= 0.3 is 6.18 Å². The lowest BCUT2D eigenvalue weighted by Crippen LogP contribution is -2.11. The van der Waals surface area contributed by atoms with E-state index in [0.29, 0.717) is 5.15 Å². The Morgan fingerprint density at radius 3 is 2.52 bits per heavy atom. The topological polar surface area (TPSA) is 37.8 Å². The van der Waals surface area contributed by atoms with Crippen molar-refractivity contribution < 1.29 is 13.2 Å². The number of anilines is 2. The first kappa shape index (κ1) is 16.3. The highest BCUT2D eigenvalue weighted by Gasteiger charge is 2.31. The summed E-state index contributed by atoms with van der Waals surface area (Å²) in [5, 5.41) is 3.22. The second-order valence-corrected chi connectivity index (χ2v) is 6.05. The van der Waals surface area contributed by atoms with Crippen LogP contribution in [0, 0.1) is 0 Å². The molecule has 1 aliphatic carbocycles. The highest BCUT2D eigenvalue weighted by atomic mass is 35.5. The first-order valence-electron chi connectivity index (χ1n) is 7.03. The number of aromatic nitrogens is 2. The summed E-state index contributed by atoms with van der Waals surface area (Å²) >= 11 is 12.1. The number of hydrogen-bond donors (Lipinski definition) is 1. The number of rotatable bonds is 2. The zero-order chi connectivity index (χ0) is 16.6. The molecule has 23 heavy (non-hydrogen) atoms. The Hall–Kier alpha value is -1.53. The van der Waals surface area contributed by atoms with Gasteiger partial charge in [0, 0.05) is 5.56 Å². The normalized spacial score (nSPS) is 14.5. The largest absolute Gasteiger partial charge is 0.416 e. The van der Waals surface area contributed by atoms with E-state index in [1.54, 1.807) is 0 Å². The van der Waals surface area contributed by atoms with Crippen LogP contribution in [-0.4, -0.2) is 9.97 Å². The molecule has 3 nitrogen and oxygen atoms in total. The molecule has 0 fully saturated rings. The average Bonchev–Trinajstić information content (AvgIpc) is 2.48. The molecule has 2 aromatic rings. The monoisotopic (exact) mass is 361 g/mol. The molecule has 0 amide bonds. The van der Waals surface area contributed by atoms with Gasteiger partial charge in [-0.25, -0.2) is 9.97 Å². The Bertz CT molecular complexity index is 747. The lowest BCUT2D eigenvalue weighted by molar-refractivity contribution is -0.137. The molecule has 1 N–H and O–H groups in total. The van der Waals surface area contributed by atoms with Crippen molar-refractivity contribution >= 4 is 34.8 Å². The van der Waals surface area contributed by atoms with E-state index in [1.165, 1.54) is 6.07 Å². The van der Waals surface area contributed by atoms with Gasteiger partial charge < -0.3 is 5.32 Å². The molecule has 3 rings (SSSR count). The maximum atomic E-state index is 12.8. The van der Waals surface area contributed by atoms with E-state index in [1.807, 2.05) is 0 Å². The van der Waals surface area contributed by atoms with E-state index in [0.717, 1.165) is 49.1 Å². The minimum absolute atomic E-state index is 0.0910. The van der Waals surface area contributed by atoms with Gasteiger partial charge in [0.05, 0.1) is 22.0 Å². The van der Waals surface area contributed by atoms with E-state index in [-0.39, 0.29) is 16.7 Å². The quantitative estimate of drug-likeness (QED) is 0.725. The van der Waals surface area contributed by atoms with E-state index in [4.69, 9.17) is 23.2 Å². The number of benzene rings is 1. The van der Waals surface area contributed by atoms with Crippen molar-refractivity contribution in [1.29, 1.82) is 0 Å². The molecule has 0 radical (unpaired) electrons. The van der Waals surface area contributed by atoms with Crippen LogP contribution in [0.4, 0.5) is 24.8 Å². The Labute approximate surface area is 140 Å². The van der Waals surface area contributed by atoms with Gasteiger partial charge in [-0.15, -0.1) is 0 Å². The highest BCUT2D eigenvalue weighted by Crippen LogP contribution is 2.35. The fourth-order valence-electron chi connectivity index (χ4n) is 2.52. The molecule has 0 bridgehead atoms. The lowest BCUT2D eigenvalue weighted by atomic mass is 9.97. The molecule has 0 saturated carbocycles. The van der Waals surface area contributed by atoms with Crippen LogP contribution in [-0.2, 0) is 19.0 Å². The van der Waals surface area contributed by atoms with Crippen LogP contribution in [0.1, 0.15) is 29.7 Å². The van der Waals surface area contributed by atoms with E-state index >= 15 is 0 Å². The van der Waals surface area contributed by atoms with Gasteiger partial charge in [0.1, 0.15) is 5.15 Å². The van der Waals surface area contributed by atoms with Crippen LogP contribution in [0.2, 0.25) is 10.2 Å². The van der Waals surface area contributed by atoms with Gasteiger partial charge in [0.25, 0.3) is 0 Å². The third-order valence-electron chi connectivity index (χ3n) is 3.67. The van der Waals surface area contributed by atoms with Crippen molar-refractivity contribution in [2.75, 3.05) is 5.32 Å². The minimum Gasteiger partial charge on any atom is -0.323 e. The second-order valence-electron chi connectivity index (χ2n) is 5.29. The van der Waals surface area contributed by atoms with Crippen LogP contribution in [0.15, 0.2) is 18.2 Å². The number of alkyl halides is 3. The average molecular weight is 362 g/mol. The number of hydrogen-bond acceptors (Lipinski definition) is 3. The van der Waals surface area contributed by atoms with Crippen molar-refractivity contribution in [3.05, 3.63) is 45.2 Å². The van der Waals surface area contributed by atoms with Crippen molar-refractivity contribution in [3.63, 3.8) is 0 Å². The molecule has 1 aromatic heterocycles. The first-order chi connectivity index (χ1) is 10.8. The minimum atomic E-state index is -4.45. The lowest BCUT2D eigenvalue weighted by Gasteiger charge is -2.17. The molecule has 1 aromatic carbocycles. The van der Waals surface area contributed by atoms with Gasteiger partial charge in [-0.05, 0) is 43.9 Å². The number of fused-ring (bicyclic) bond motifs is 1. The molecule has 1 aliphatic rings. The van der Waals surface area contributed by atoms with E-state index < -0.39 is 11.7 Å². The van der Waals surface area contributed by atoms with Gasteiger partial charge in [-0.1, -0.05) is 23.2 Å². The van der Waals surface area contributed by atoms with Gasteiger partial charge in [-0.2, -0.15) is 13.2 Å². The van der Waals surface area contributed by atoms with Gasteiger partial charge in [-0.3, -0.25) is 0 Å². The molecule has 0 atom stereocenters. The zero-order valence-electron chi connectivity index (χ0n) is 11.8. The fraction of sp³-hybridized carbons (Fsp3) is 0.333. The molecule has 122 valence electrons. The molecule has 0 aliphatic heterocycles. The summed E-state index contributed by atoms with van der Waals surface area (Å²) in [6, 6.07) is 3.04. The molecule has 8 heteroatoms. The summed E-state index contributed by atoms with van der Waals surface area (Å²) < 4.78 is 38.4. The Kier molecular flexibility index (Phi) is 4.38. The highest BCUT2D eigenvalue weighted by molar-refractivity contribution is 6.33. The Balaban J connectivity index is 1.95. The molecule has 1 heterocycles. The van der Waals surface area contributed by atoms with Crippen molar-refractivity contribution in [3.8, 4) is 0 Å². The summed E-state index contributed by atoms with van der Waals surface area (Å²) in [6.45, 7) is 0. The summed E-state index contributed by atoms with van der Waals surface area (Å²) in [6.07, 6.45) is -0.816. The SMILES string of the molecule is FC(F)(F)c1ccc(Cl)c(Nc2nc(Cl)c3c(n2)CCCC3)c1. The smallest absolute Gasteiger partial charge is 0.323 e. The molecule has 0 unspecified atom stereocenters. The Morgan fingerprint density at radius 2 is 1.78 bits per heavy atom. The fourth-order valence-corrected chi connectivity index (χ4v) is 2.97. The number of nitrogens with one attached hydrogen (secondary N) is 1. The molecular formula is C15H12Cl2F3N3. The van der Waals surface area contributed by atoms with Gasteiger partial charge in [0.15, 0.2) is 0 Å². The first-order valence-corrected chi connectivity index (χ1v) is 7.79. The number of halogens is 5. The molecular weight excluding hydrogens is 350 g/mol. The summed E-state index contributed by atoms with van der Waals surface area (Å²) in [4.78, 5) is 8.47. The number of nitrogens with zero attached hydrogens (tertiary/aromatic N) is 2. The standard InChI is InChI=1S/C15H12Cl2F3N3/c16-10-6-5-8(15(18,19)20)7-12(10)22-14-21-11-4-2-1-3-9(11)13(17)23-14/h5-7H,1-4H2,(H,21,22,23). The van der Waals surface area contributed by atoms with Crippen LogP contribution >= 0.6 is 23.2 Å². The maximum absolute atomic E-state index is 12.8. The third kappa shape index (κ3) is 3.53. The Morgan fingerprint density at radius 1 is 1.04 bits per heavy atom. The van der Waals surface area contributed by atoms with Crippen molar-refractivity contribution in [2.45, 2.75) is 31.9 Å². The predicted molar refractivity (Wildman–Crippen MR) is 83.4 cm³/mol. The maximum Gasteiger partial charge on any atom is 0.416 e. The predicted octanol–water partition coefficient (Wildman–Crippen LogP) is 5.42. The summed E-state index contributed by atoms with van der Waals surface area (Å²) in [5.74, 6) is 0.150. The summed E-state index contributed by atoms with van der Waals surface area (Å²) in [5.41, 5.74) is 1.04. The van der Waals surface area contributed by atoms with Crippen molar-refractivity contribution in [2.24, 2.45) is 0 Å². The second kappa shape index (κ2) is 6.17. The molecule has 0 spiro atoms. The zero-order valence-corrected chi connectivity index (χ0v) is 13.4. The van der Waals surface area contributed by atoms with E-state index in [2.05, 4.69) is 15.3 Å². The van der Waals surface area contributed by atoms with Crippen LogP contribution in [0.5, 0.6) is 0 Å². The third-order valence-corrected chi connectivity index (χ3v) is 4.32. The van der Waals surface area contributed by atoms with Crippen LogP contribution in [0.3, 0.4) is 0 Å².